The lowest BCUT2D eigenvalue weighted by Gasteiger charge is -2.38. The number of hydrogen-bond donors (Lipinski definition) is 1. The number of rotatable bonds is 8. The van der Waals surface area contributed by atoms with E-state index in [1.165, 1.54) is 0 Å². The van der Waals surface area contributed by atoms with Gasteiger partial charge in [-0.1, -0.05) is 20.8 Å². The van der Waals surface area contributed by atoms with Crippen LogP contribution >= 0.6 is 0 Å². The van der Waals surface area contributed by atoms with Gasteiger partial charge < -0.3 is 19.0 Å². The van der Waals surface area contributed by atoms with Crippen LogP contribution < -0.4 is 0 Å². The van der Waals surface area contributed by atoms with E-state index in [4.69, 9.17) is 13.9 Å². The van der Waals surface area contributed by atoms with Gasteiger partial charge in [0, 0.05) is 7.11 Å². The number of methoxy groups -OCH3 is 1. The third-order valence-electron chi connectivity index (χ3n) is 3.45. The average molecular weight is 292 g/mol. The summed E-state index contributed by atoms with van der Waals surface area (Å²) in [6.07, 6.45) is -1.06. The molecule has 0 radical (unpaired) electrons. The molecule has 0 spiro atoms. The highest BCUT2D eigenvalue weighted by Gasteiger charge is 2.40. The zero-order chi connectivity index (χ0) is 15.3. The molecule has 0 aliphatic heterocycles. The lowest BCUT2D eigenvalue weighted by molar-refractivity contribution is -0.150. The molecule has 0 fully saturated rings. The summed E-state index contributed by atoms with van der Waals surface area (Å²) in [6, 6.07) is 0. The van der Waals surface area contributed by atoms with Gasteiger partial charge >= 0.3 is 5.97 Å². The Morgan fingerprint density at radius 1 is 1.26 bits per heavy atom. The summed E-state index contributed by atoms with van der Waals surface area (Å²) in [5, 5.41) is 9.20. The minimum Gasteiger partial charge on any atom is -0.479 e. The second-order valence-corrected chi connectivity index (χ2v) is 11.1. The molecule has 6 heteroatoms. The van der Waals surface area contributed by atoms with Gasteiger partial charge in [0.2, 0.25) is 0 Å². The minimum absolute atomic E-state index is 0.0289. The van der Waals surface area contributed by atoms with Gasteiger partial charge in [0.05, 0.1) is 19.3 Å². The summed E-state index contributed by atoms with van der Waals surface area (Å²) in [6.45, 7) is 12.6. The van der Waals surface area contributed by atoms with Crippen LogP contribution in [-0.4, -0.2) is 51.9 Å². The van der Waals surface area contributed by atoms with E-state index in [1.807, 2.05) is 20.0 Å². The van der Waals surface area contributed by atoms with Crippen molar-refractivity contribution in [2.45, 2.75) is 58.0 Å². The molecule has 0 saturated heterocycles. The number of aliphatic carboxylic acids is 1. The third-order valence-corrected chi connectivity index (χ3v) is 7.94. The monoisotopic (exact) mass is 292 g/mol. The predicted molar refractivity (Wildman–Crippen MR) is 77.0 cm³/mol. The smallest absolute Gasteiger partial charge is 0.334 e. The van der Waals surface area contributed by atoms with Crippen molar-refractivity contribution in [3.63, 3.8) is 0 Å². The van der Waals surface area contributed by atoms with Gasteiger partial charge in [0.15, 0.2) is 14.4 Å². The van der Waals surface area contributed by atoms with Gasteiger partial charge in [-0.25, -0.2) is 4.79 Å². The second-order valence-electron chi connectivity index (χ2n) is 6.30. The first-order valence-corrected chi connectivity index (χ1v) is 9.43. The molecular weight excluding hydrogens is 264 g/mol. The fraction of sp³-hybridized carbons (Fsp3) is 0.923. The zero-order valence-electron chi connectivity index (χ0n) is 13.1. The molecule has 1 N–H and O–H groups in total. The van der Waals surface area contributed by atoms with Crippen LogP contribution in [0.2, 0.25) is 18.1 Å². The maximum absolute atomic E-state index is 11.3. The molecule has 0 aliphatic rings. The van der Waals surface area contributed by atoms with E-state index < -0.39 is 20.4 Å². The molecule has 0 heterocycles. The van der Waals surface area contributed by atoms with Gasteiger partial charge in [-0.15, -0.1) is 0 Å². The van der Waals surface area contributed by atoms with Gasteiger partial charge in [0.25, 0.3) is 0 Å². The van der Waals surface area contributed by atoms with Crippen LogP contribution in [0.3, 0.4) is 0 Å². The van der Waals surface area contributed by atoms with Crippen LogP contribution in [0, 0.1) is 0 Å². The largest absolute Gasteiger partial charge is 0.479 e. The molecule has 0 rings (SSSR count). The molecule has 5 nitrogen and oxygen atoms in total. The Morgan fingerprint density at radius 3 is 2.16 bits per heavy atom. The standard InChI is InChI=1S/C13H28O5Si/c1-10(8-16-5)17-9-11(12(14)15)18-19(6,7)13(2,3)4/h10-11H,8-9H2,1-7H3,(H,14,15)/t10-,11+/m1/s1. The summed E-state index contributed by atoms with van der Waals surface area (Å²) in [4.78, 5) is 11.3. The van der Waals surface area contributed by atoms with E-state index in [9.17, 15) is 9.90 Å². The number of carboxylic acid groups (broad SMARTS) is 1. The van der Waals surface area contributed by atoms with Crippen LogP contribution in [0.15, 0.2) is 0 Å². The quantitative estimate of drug-likeness (QED) is 0.696. The lowest BCUT2D eigenvalue weighted by Crippen LogP contribution is -2.47. The first-order valence-electron chi connectivity index (χ1n) is 6.52. The van der Waals surface area contributed by atoms with Crippen molar-refractivity contribution in [2.24, 2.45) is 0 Å². The van der Waals surface area contributed by atoms with E-state index in [2.05, 4.69) is 20.8 Å². The van der Waals surface area contributed by atoms with Crippen molar-refractivity contribution in [3.05, 3.63) is 0 Å². The molecule has 0 saturated carbocycles. The Kier molecular flexibility index (Phi) is 7.21. The van der Waals surface area contributed by atoms with Crippen LogP contribution in [0.5, 0.6) is 0 Å². The number of carbonyl (C=O) groups is 1. The van der Waals surface area contributed by atoms with Crippen LogP contribution in [0.1, 0.15) is 27.7 Å². The van der Waals surface area contributed by atoms with Crippen LogP contribution in [-0.2, 0) is 18.7 Å². The van der Waals surface area contributed by atoms with Crippen molar-refractivity contribution in [1.82, 2.24) is 0 Å². The highest BCUT2D eigenvalue weighted by molar-refractivity contribution is 6.74. The van der Waals surface area contributed by atoms with E-state index in [-0.39, 0.29) is 17.7 Å². The molecule has 0 aliphatic carbocycles. The Morgan fingerprint density at radius 2 is 1.79 bits per heavy atom. The normalized spacial score (nSPS) is 16.2. The van der Waals surface area contributed by atoms with E-state index in [0.717, 1.165) is 0 Å². The second kappa shape index (κ2) is 7.38. The molecular formula is C13H28O5Si. The van der Waals surface area contributed by atoms with E-state index in [0.29, 0.717) is 6.61 Å². The maximum Gasteiger partial charge on any atom is 0.334 e. The zero-order valence-corrected chi connectivity index (χ0v) is 14.1. The molecule has 0 unspecified atom stereocenters. The van der Waals surface area contributed by atoms with Gasteiger partial charge in [-0.2, -0.15) is 0 Å². The van der Waals surface area contributed by atoms with Gasteiger partial charge in [-0.05, 0) is 25.1 Å². The molecule has 0 aromatic carbocycles. The predicted octanol–water partition coefficient (Wildman–Crippen LogP) is 2.51. The number of hydrogen-bond acceptors (Lipinski definition) is 4. The summed E-state index contributed by atoms with van der Waals surface area (Å²) >= 11 is 0. The van der Waals surface area contributed by atoms with Crippen molar-refractivity contribution in [1.29, 1.82) is 0 Å². The lowest BCUT2D eigenvalue weighted by atomic mass is 10.2. The van der Waals surface area contributed by atoms with Crippen molar-refractivity contribution in [2.75, 3.05) is 20.3 Å². The van der Waals surface area contributed by atoms with Crippen molar-refractivity contribution < 1.29 is 23.8 Å². The molecule has 0 aromatic heterocycles. The summed E-state index contributed by atoms with van der Waals surface area (Å²) in [5.74, 6) is -0.977. The molecule has 19 heavy (non-hydrogen) atoms. The molecule has 114 valence electrons. The maximum atomic E-state index is 11.3. The first kappa shape index (κ1) is 18.6. The number of carboxylic acids is 1. The fourth-order valence-electron chi connectivity index (χ4n) is 1.22. The fourth-order valence-corrected chi connectivity index (χ4v) is 2.46. The molecule has 0 bridgehead atoms. The highest BCUT2D eigenvalue weighted by atomic mass is 28.4. The number of ether oxygens (including phenoxy) is 2. The summed E-state index contributed by atoms with van der Waals surface area (Å²) < 4.78 is 16.3. The van der Waals surface area contributed by atoms with Crippen LogP contribution in [0.4, 0.5) is 0 Å². The molecule has 2 atom stereocenters. The van der Waals surface area contributed by atoms with E-state index in [1.54, 1.807) is 7.11 Å². The van der Waals surface area contributed by atoms with Crippen LogP contribution in [0.25, 0.3) is 0 Å². The van der Waals surface area contributed by atoms with Gasteiger partial charge in [0.1, 0.15) is 0 Å². The molecule has 0 aromatic rings. The average Bonchev–Trinajstić information content (AvgIpc) is 2.22. The summed E-state index contributed by atoms with van der Waals surface area (Å²) in [7, 11) is -0.529. The SMILES string of the molecule is COC[C@@H](C)OC[C@H](O[Si](C)(C)C(C)(C)C)C(=O)O. The Hall–Kier alpha value is -0.433. The third kappa shape index (κ3) is 6.51. The Bertz CT molecular complexity index is 285. The first-order chi connectivity index (χ1) is 8.51. The molecule has 0 amide bonds. The van der Waals surface area contributed by atoms with Gasteiger partial charge in [-0.3, -0.25) is 0 Å². The minimum atomic E-state index is -2.11. The Labute approximate surface area is 117 Å². The van der Waals surface area contributed by atoms with Crippen molar-refractivity contribution >= 4 is 14.3 Å². The van der Waals surface area contributed by atoms with E-state index >= 15 is 0 Å². The van der Waals surface area contributed by atoms with Crippen molar-refractivity contribution in [3.8, 4) is 0 Å². The summed E-state index contributed by atoms with van der Waals surface area (Å²) in [5.41, 5.74) is 0. The Balaban J connectivity index is 4.55. The topological polar surface area (TPSA) is 65.0 Å². The highest BCUT2D eigenvalue weighted by Crippen LogP contribution is 2.37.